The molecule has 1 heterocycles. The maximum Gasteiger partial charge on any atom is 0.0969 e. The number of thiophene rings is 1. The van der Waals surface area contributed by atoms with E-state index in [4.69, 9.17) is 11.0 Å². The van der Waals surface area contributed by atoms with Crippen LogP contribution in [0, 0.1) is 25.2 Å². The second-order valence-electron chi connectivity index (χ2n) is 3.60. The van der Waals surface area contributed by atoms with E-state index < -0.39 is 0 Å². The molecule has 0 amide bonds. The minimum absolute atomic E-state index is 0.653. The van der Waals surface area contributed by atoms with Crippen LogP contribution in [0.25, 0.3) is 5.70 Å². The molecule has 0 atom stereocenters. The van der Waals surface area contributed by atoms with Gasteiger partial charge in [0, 0.05) is 4.88 Å². The molecule has 2 nitrogen and oxygen atoms in total. The van der Waals surface area contributed by atoms with Crippen LogP contribution in [-0.4, -0.2) is 0 Å². The van der Waals surface area contributed by atoms with Gasteiger partial charge in [-0.25, -0.2) is 0 Å². The van der Waals surface area contributed by atoms with E-state index in [0.717, 1.165) is 17.7 Å². The molecule has 1 aromatic heterocycles. The highest BCUT2D eigenvalue weighted by Gasteiger charge is 2.08. The summed E-state index contributed by atoms with van der Waals surface area (Å²) in [4.78, 5) is 2.29. The highest BCUT2D eigenvalue weighted by atomic mass is 32.1. The second-order valence-corrected chi connectivity index (χ2v) is 4.86. The molecule has 0 aliphatic heterocycles. The van der Waals surface area contributed by atoms with E-state index in [1.165, 1.54) is 10.4 Å². The summed E-state index contributed by atoms with van der Waals surface area (Å²) in [6, 6.07) is 4.25. The van der Waals surface area contributed by atoms with Crippen molar-refractivity contribution in [3.63, 3.8) is 0 Å². The Hall–Kier alpha value is -1.27. The van der Waals surface area contributed by atoms with Crippen molar-refractivity contribution in [2.75, 3.05) is 0 Å². The van der Waals surface area contributed by atoms with Crippen molar-refractivity contribution in [1.29, 1.82) is 5.26 Å². The predicted octanol–water partition coefficient (Wildman–Crippen LogP) is 3.36. The molecule has 0 saturated heterocycles. The van der Waals surface area contributed by atoms with Gasteiger partial charge in [-0.2, -0.15) is 5.26 Å². The molecule has 2 N–H and O–H groups in total. The Balaban J connectivity index is 3.11. The molecule has 0 unspecified atom stereocenters. The zero-order chi connectivity index (χ0) is 11.4. The van der Waals surface area contributed by atoms with Gasteiger partial charge >= 0.3 is 0 Å². The fourth-order valence-corrected chi connectivity index (χ4v) is 2.37. The summed E-state index contributed by atoms with van der Waals surface area (Å²) >= 11 is 1.66. The summed E-state index contributed by atoms with van der Waals surface area (Å²) in [7, 11) is 0. The molecule has 3 heteroatoms. The third-order valence-electron chi connectivity index (χ3n) is 2.39. The quantitative estimate of drug-likeness (QED) is 0.794. The van der Waals surface area contributed by atoms with Crippen molar-refractivity contribution in [1.82, 2.24) is 0 Å². The van der Waals surface area contributed by atoms with Gasteiger partial charge in [-0.3, -0.25) is 0 Å². The Morgan fingerprint density at radius 3 is 2.60 bits per heavy atom. The topological polar surface area (TPSA) is 49.8 Å². The van der Waals surface area contributed by atoms with E-state index in [0.29, 0.717) is 11.3 Å². The highest BCUT2D eigenvalue weighted by Crippen LogP contribution is 2.27. The average molecular weight is 220 g/mol. The Morgan fingerprint density at radius 2 is 2.20 bits per heavy atom. The van der Waals surface area contributed by atoms with Crippen molar-refractivity contribution in [3.05, 3.63) is 27.0 Å². The van der Waals surface area contributed by atoms with E-state index in [1.807, 2.05) is 0 Å². The highest BCUT2D eigenvalue weighted by molar-refractivity contribution is 7.13. The summed E-state index contributed by atoms with van der Waals surface area (Å²) in [5.74, 6) is 0. The lowest BCUT2D eigenvalue weighted by atomic mass is 10.1. The third-order valence-corrected chi connectivity index (χ3v) is 3.58. The lowest BCUT2D eigenvalue weighted by Crippen LogP contribution is -1.98. The molecule has 0 radical (unpaired) electrons. The van der Waals surface area contributed by atoms with Crippen molar-refractivity contribution < 1.29 is 0 Å². The number of nitriles is 1. The number of allylic oxidation sites excluding steroid dienone is 1. The lowest BCUT2D eigenvalue weighted by molar-refractivity contribution is 0.929. The average Bonchev–Trinajstić information content (AvgIpc) is 2.55. The van der Waals surface area contributed by atoms with Crippen molar-refractivity contribution >= 4 is 17.0 Å². The van der Waals surface area contributed by atoms with Gasteiger partial charge in [-0.15, -0.1) is 11.3 Å². The second kappa shape index (κ2) is 4.99. The SMILES string of the molecule is CCCC(C#N)=C(N)c1cc(C)c(C)s1. The first-order valence-corrected chi connectivity index (χ1v) is 5.88. The van der Waals surface area contributed by atoms with Crippen LogP contribution in [0.4, 0.5) is 0 Å². The molecule has 80 valence electrons. The van der Waals surface area contributed by atoms with E-state index in [2.05, 4.69) is 32.9 Å². The van der Waals surface area contributed by atoms with Gasteiger partial charge in [0.1, 0.15) is 0 Å². The number of aryl methyl sites for hydroxylation is 2. The molecular formula is C12H16N2S. The van der Waals surface area contributed by atoms with Gasteiger partial charge in [0.25, 0.3) is 0 Å². The number of nitrogens with zero attached hydrogens (tertiary/aromatic N) is 1. The first-order chi connectivity index (χ1) is 7.10. The van der Waals surface area contributed by atoms with E-state index >= 15 is 0 Å². The maximum absolute atomic E-state index is 8.98. The van der Waals surface area contributed by atoms with Gasteiger partial charge in [-0.05, 0) is 31.9 Å². The van der Waals surface area contributed by atoms with E-state index in [9.17, 15) is 0 Å². The Morgan fingerprint density at radius 1 is 1.53 bits per heavy atom. The van der Waals surface area contributed by atoms with Gasteiger partial charge < -0.3 is 5.73 Å². The van der Waals surface area contributed by atoms with Crippen LogP contribution in [0.2, 0.25) is 0 Å². The van der Waals surface area contributed by atoms with Gasteiger partial charge in [-0.1, -0.05) is 13.3 Å². The fraction of sp³-hybridized carbons (Fsp3) is 0.417. The smallest absolute Gasteiger partial charge is 0.0969 e. The Labute approximate surface area is 95.0 Å². The van der Waals surface area contributed by atoms with Crippen LogP contribution in [-0.2, 0) is 0 Å². The molecule has 0 aromatic carbocycles. The zero-order valence-corrected chi connectivity index (χ0v) is 10.2. The van der Waals surface area contributed by atoms with Gasteiger partial charge in [0.05, 0.1) is 22.2 Å². The first-order valence-electron chi connectivity index (χ1n) is 5.06. The predicted molar refractivity (Wildman–Crippen MR) is 65.4 cm³/mol. The van der Waals surface area contributed by atoms with Crippen LogP contribution >= 0.6 is 11.3 Å². The summed E-state index contributed by atoms with van der Waals surface area (Å²) < 4.78 is 0. The third kappa shape index (κ3) is 2.60. The summed E-state index contributed by atoms with van der Waals surface area (Å²) in [5.41, 5.74) is 8.59. The van der Waals surface area contributed by atoms with Crippen molar-refractivity contribution in [2.45, 2.75) is 33.6 Å². The van der Waals surface area contributed by atoms with E-state index in [1.54, 1.807) is 11.3 Å². The molecule has 0 aliphatic carbocycles. The first kappa shape index (κ1) is 11.8. The Kier molecular flexibility index (Phi) is 3.93. The minimum atomic E-state index is 0.653. The van der Waals surface area contributed by atoms with Crippen LogP contribution in [0.1, 0.15) is 35.1 Å². The summed E-state index contributed by atoms with van der Waals surface area (Å²) in [6.07, 6.45) is 1.71. The van der Waals surface area contributed by atoms with Gasteiger partial charge in [0.15, 0.2) is 0 Å². The molecule has 0 bridgehead atoms. The number of hydrogen-bond acceptors (Lipinski definition) is 3. The number of nitrogens with two attached hydrogens (primary N) is 1. The van der Waals surface area contributed by atoms with Crippen LogP contribution in [0.3, 0.4) is 0 Å². The Bertz CT molecular complexity index is 402. The van der Waals surface area contributed by atoms with Crippen LogP contribution < -0.4 is 5.73 Å². The molecule has 1 aromatic rings. The molecular weight excluding hydrogens is 204 g/mol. The van der Waals surface area contributed by atoms with Crippen LogP contribution in [0.5, 0.6) is 0 Å². The molecule has 0 aliphatic rings. The van der Waals surface area contributed by atoms with Crippen molar-refractivity contribution in [3.8, 4) is 6.07 Å². The largest absolute Gasteiger partial charge is 0.397 e. The minimum Gasteiger partial charge on any atom is -0.397 e. The normalized spacial score (nSPS) is 12.1. The molecule has 0 spiro atoms. The number of rotatable bonds is 3. The summed E-state index contributed by atoms with van der Waals surface area (Å²) in [5, 5.41) is 8.98. The molecule has 0 fully saturated rings. The standard InChI is InChI=1S/C12H16N2S/c1-4-5-10(7-13)12(14)11-6-8(2)9(3)15-11/h6H,4-5,14H2,1-3H3. The molecule has 1 rings (SSSR count). The fourth-order valence-electron chi connectivity index (χ4n) is 1.36. The maximum atomic E-state index is 8.98. The zero-order valence-electron chi connectivity index (χ0n) is 9.42. The van der Waals surface area contributed by atoms with Gasteiger partial charge in [0.2, 0.25) is 0 Å². The van der Waals surface area contributed by atoms with Crippen molar-refractivity contribution in [2.24, 2.45) is 5.73 Å². The summed E-state index contributed by atoms with van der Waals surface area (Å²) in [6.45, 7) is 6.19. The monoisotopic (exact) mass is 220 g/mol. The van der Waals surface area contributed by atoms with Crippen LogP contribution in [0.15, 0.2) is 11.6 Å². The lowest BCUT2D eigenvalue weighted by Gasteiger charge is -2.01. The molecule has 15 heavy (non-hydrogen) atoms. The number of hydrogen-bond donors (Lipinski definition) is 1. The molecule has 0 saturated carbocycles. The van der Waals surface area contributed by atoms with E-state index in [-0.39, 0.29) is 0 Å².